The summed E-state index contributed by atoms with van der Waals surface area (Å²) in [6.07, 6.45) is 1.91. The number of aromatic hydroxyl groups is 1. The van der Waals surface area contributed by atoms with Crippen LogP contribution in [0.25, 0.3) is 0 Å². The molecule has 2 aromatic rings. The van der Waals surface area contributed by atoms with Gasteiger partial charge < -0.3 is 9.66 Å². The molecule has 0 spiro atoms. The van der Waals surface area contributed by atoms with Crippen LogP contribution >= 0.6 is 0 Å². The maximum atomic E-state index is 11.0. The zero-order valence-corrected chi connectivity index (χ0v) is 14.0. The van der Waals surface area contributed by atoms with Crippen LogP contribution in [0.2, 0.25) is 0 Å². The number of aryl methyl sites for hydroxylation is 2. The predicted molar refractivity (Wildman–Crippen MR) is 83.1 cm³/mol. The number of phenols is 1. The Morgan fingerprint density at radius 1 is 1.26 bits per heavy atom. The summed E-state index contributed by atoms with van der Waals surface area (Å²) in [5.41, 5.74) is 1.11. The molecule has 0 atom stereocenters. The Morgan fingerprint density at radius 2 is 1.91 bits per heavy atom. The first-order valence-corrected chi connectivity index (χ1v) is 8.32. The van der Waals surface area contributed by atoms with Crippen molar-refractivity contribution >= 4 is 15.9 Å². The Labute approximate surface area is 135 Å². The molecule has 1 N–H and O–H groups in total. The van der Waals surface area contributed by atoms with E-state index in [0.29, 0.717) is 5.56 Å². The molecule has 7 heteroatoms. The normalized spacial score (nSPS) is 10.6. The van der Waals surface area contributed by atoms with Gasteiger partial charge in [0.25, 0.3) is 0 Å². The van der Waals surface area contributed by atoms with Gasteiger partial charge in [-0.2, -0.15) is 4.57 Å². The van der Waals surface area contributed by atoms with Crippen LogP contribution in [-0.2, 0) is 16.7 Å². The number of hydrogen-bond acceptors (Lipinski definition) is 5. The summed E-state index contributed by atoms with van der Waals surface area (Å²) in [4.78, 5) is 10.6. The van der Waals surface area contributed by atoms with Gasteiger partial charge in [0.1, 0.15) is 22.4 Å². The van der Waals surface area contributed by atoms with Gasteiger partial charge >= 0.3 is 0 Å². The van der Waals surface area contributed by atoms with Gasteiger partial charge in [0.15, 0.2) is 6.20 Å². The number of ketones is 1. The lowest BCUT2D eigenvalue weighted by Crippen LogP contribution is -2.38. The molecule has 1 aromatic carbocycles. The molecule has 0 fully saturated rings. The van der Waals surface area contributed by atoms with Gasteiger partial charge in [0.2, 0.25) is 11.5 Å². The van der Waals surface area contributed by atoms with E-state index in [9.17, 15) is 17.8 Å². The molecule has 0 saturated carbocycles. The molecular weight excluding hydrogens is 318 g/mol. The molecule has 0 aliphatic heterocycles. The van der Waals surface area contributed by atoms with E-state index < -0.39 is 10.1 Å². The summed E-state index contributed by atoms with van der Waals surface area (Å²) < 4.78 is 33.6. The van der Waals surface area contributed by atoms with Crippen molar-refractivity contribution in [3.63, 3.8) is 0 Å². The van der Waals surface area contributed by atoms with Crippen LogP contribution in [0.3, 0.4) is 0 Å². The standard InChI is InChI=1S/C9H12NO.C7H8O4S/c1-3-10-7-5-4-6-9(10)8(2)11;1-5-2-3-6(8)4-7(5)12(9,10)11/h4-7H,3H2,1-2H3;2-4,8H,1H3,(H,9,10,11)/q+1;/p-1. The van der Waals surface area contributed by atoms with Crippen LogP contribution in [-0.4, -0.2) is 23.9 Å². The number of pyridine rings is 1. The Morgan fingerprint density at radius 3 is 2.35 bits per heavy atom. The van der Waals surface area contributed by atoms with Gasteiger partial charge in [-0.25, -0.2) is 8.42 Å². The highest BCUT2D eigenvalue weighted by molar-refractivity contribution is 7.85. The summed E-state index contributed by atoms with van der Waals surface area (Å²) in [5, 5.41) is 8.90. The molecule has 6 nitrogen and oxygen atoms in total. The van der Waals surface area contributed by atoms with Crippen LogP contribution in [0.4, 0.5) is 0 Å². The predicted octanol–water partition coefficient (Wildman–Crippen LogP) is 1.80. The highest BCUT2D eigenvalue weighted by atomic mass is 32.2. The van der Waals surface area contributed by atoms with Gasteiger partial charge in [-0.1, -0.05) is 6.07 Å². The summed E-state index contributed by atoms with van der Waals surface area (Å²) in [7, 11) is -4.47. The van der Waals surface area contributed by atoms with Crippen molar-refractivity contribution in [1.29, 1.82) is 0 Å². The van der Waals surface area contributed by atoms with E-state index in [1.807, 2.05) is 35.9 Å². The summed E-state index contributed by atoms with van der Waals surface area (Å²) in [6.45, 7) is 5.94. The highest BCUT2D eigenvalue weighted by Crippen LogP contribution is 2.19. The van der Waals surface area contributed by atoms with E-state index >= 15 is 0 Å². The number of aromatic nitrogens is 1. The second-order valence-electron chi connectivity index (χ2n) is 4.83. The van der Waals surface area contributed by atoms with Crippen molar-refractivity contribution < 1.29 is 27.4 Å². The van der Waals surface area contributed by atoms with E-state index in [4.69, 9.17) is 5.11 Å². The minimum Gasteiger partial charge on any atom is -0.744 e. The number of carbonyl (C=O) groups is 1. The third-order valence-electron chi connectivity index (χ3n) is 3.08. The molecule has 0 saturated heterocycles. The second kappa shape index (κ2) is 7.85. The molecule has 23 heavy (non-hydrogen) atoms. The molecule has 1 aromatic heterocycles. The third-order valence-corrected chi connectivity index (χ3v) is 4.06. The van der Waals surface area contributed by atoms with Crippen LogP contribution in [0, 0.1) is 6.92 Å². The Hall–Kier alpha value is -2.25. The highest BCUT2D eigenvalue weighted by Gasteiger charge is 2.10. The summed E-state index contributed by atoms with van der Waals surface area (Å²) >= 11 is 0. The minimum atomic E-state index is -4.47. The molecule has 0 bridgehead atoms. The van der Waals surface area contributed by atoms with Crippen LogP contribution in [0.15, 0.2) is 47.5 Å². The average Bonchev–Trinajstić information content (AvgIpc) is 2.49. The average molecular weight is 337 g/mol. The van der Waals surface area contributed by atoms with Crippen LogP contribution in [0.5, 0.6) is 5.75 Å². The molecule has 124 valence electrons. The number of benzene rings is 1. The lowest BCUT2D eigenvalue weighted by Gasteiger charge is -2.09. The molecule has 0 aliphatic rings. The van der Waals surface area contributed by atoms with Crippen molar-refractivity contribution in [2.24, 2.45) is 0 Å². The first-order valence-electron chi connectivity index (χ1n) is 6.91. The number of nitrogens with zero attached hydrogens (tertiary/aromatic N) is 1. The monoisotopic (exact) mass is 337 g/mol. The van der Waals surface area contributed by atoms with Gasteiger partial charge in [0, 0.05) is 19.1 Å². The van der Waals surface area contributed by atoms with E-state index in [0.717, 1.165) is 18.3 Å². The minimum absolute atomic E-state index is 0.118. The molecule has 0 amide bonds. The quantitative estimate of drug-likeness (QED) is 0.523. The molecule has 1 heterocycles. The van der Waals surface area contributed by atoms with Crippen molar-refractivity contribution in [2.45, 2.75) is 32.2 Å². The van der Waals surface area contributed by atoms with Crippen molar-refractivity contribution in [3.05, 3.63) is 53.9 Å². The Kier molecular flexibility index (Phi) is 6.41. The fourth-order valence-corrected chi connectivity index (χ4v) is 2.66. The lowest BCUT2D eigenvalue weighted by molar-refractivity contribution is -0.695. The first kappa shape index (κ1) is 18.8. The number of Topliss-reactive ketones (excluding diaryl/α,β-unsaturated/α-hetero) is 1. The van der Waals surface area contributed by atoms with Crippen LogP contribution < -0.4 is 4.57 Å². The third kappa shape index (κ3) is 5.46. The topological polar surface area (TPSA) is 98.4 Å². The van der Waals surface area contributed by atoms with E-state index in [-0.39, 0.29) is 16.4 Å². The number of hydrogen-bond donors (Lipinski definition) is 1. The second-order valence-corrected chi connectivity index (χ2v) is 6.18. The Balaban J connectivity index is 0.000000231. The smallest absolute Gasteiger partial charge is 0.248 e. The van der Waals surface area contributed by atoms with E-state index in [1.54, 1.807) is 6.92 Å². The number of phenolic OH excluding ortho intramolecular Hbond substituents is 1. The zero-order chi connectivity index (χ0) is 17.6. The van der Waals surface area contributed by atoms with Crippen molar-refractivity contribution in [3.8, 4) is 5.75 Å². The SMILES string of the molecule is CC[n+]1ccccc1C(C)=O.Cc1ccc(O)cc1S(=O)(=O)[O-]. The largest absolute Gasteiger partial charge is 0.744 e. The van der Waals surface area contributed by atoms with Gasteiger partial charge in [-0.05, 0) is 37.6 Å². The van der Waals surface area contributed by atoms with Crippen LogP contribution in [0.1, 0.15) is 29.9 Å². The van der Waals surface area contributed by atoms with Crippen molar-refractivity contribution in [2.75, 3.05) is 0 Å². The van der Waals surface area contributed by atoms with Crippen molar-refractivity contribution in [1.82, 2.24) is 0 Å². The molecule has 0 radical (unpaired) electrons. The summed E-state index contributed by atoms with van der Waals surface area (Å²) in [5.74, 6) is -0.109. The number of rotatable bonds is 3. The van der Waals surface area contributed by atoms with Gasteiger partial charge in [-0.15, -0.1) is 0 Å². The Bertz CT molecular complexity index is 800. The lowest BCUT2D eigenvalue weighted by atomic mass is 10.2. The van der Waals surface area contributed by atoms with E-state index in [2.05, 4.69) is 0 Å². The summed E-state index contributed by atoms with van der Waals surface area (Å²) in [6, 6.07) is 9.28. The van der Waals surface area contributed by atoms with Gasteiger partial charge in [0.05, 0.1) is 4.90 Å². The fourth-order valence-electron chi connectivity index (χ4n) is 1.93. The molecule has 0 aliphatic carbocycles. The zero-order valence-electron chi connectivity index (χ0n) is 13.2. The fraction of sp³-hybridized carbons (Fsp3) is 0.250. The first-order chi connectivity index (χ1) is 10.7. The molecular formula is C16H19NO5S. The molecule has 2 rings (SSSR count). The van der Waals surface area contributed by atoms with E-state index in [1.165, 1.54) is 19.1 Å². The maximum absolute atomic E-state index is 11.0. The molecule has 0 unspecified atom stereocenters. The number of carbonyl (C=O) groups excluding carboxylic acids is 1. The maximum Gasteiger partial charge on any atom is 0.248 e. The van der Waals surface area contributed by atoms with Gasteiger partial charge in [-0.3, -0.25) is 4.79 Å².